The molecule has 1 aromatic carbocycles. The maximum Gasteiger partial charge on any atom is 0.325 e. The number of benzene rings is 1. The quantitative estimate of drug-likeness (QED) is 0.811. The summed E-state index contributed by atoms with van der Waals surface area (Å²) in [6, 6.07) is 7.92. The highest BCUT2D eigenvalue weighted by Gasteiger charge is 2.26. The van der Waals surface area contributed by atoms with Crippen LogP contribution in [0.1, 0.15) is 19.8 Å². The van der Waals surface area contributed by atoms with Crippen LogP contribution < -0.4 is 10.2 Å². The summed E-state index contributed by atoms with van der Waals surface area (Å²) in [6.07, 6.45) is 1.48. The fourth-order valence-corrected chi connectivity index (χ4v) is 2.96. The summed E-state index contributed by atoms with van der Waals surface area (Å²) >= 11 is 0. The minimum absolute atomic E-state index is 0.0591. The van der Waals surface area contributed by atoms with E-state index in [1.165, 1.54) is 0 Å². The molecule has 7 heteroatoms. The molecule has 1 aliphatic rings. The summed E-state index contributed by atoms with van der Waals surface area (Å²) in [7, 11) is 0. The highest BCUT2D eigenvalue weighted by molar-refractivity contribution is 5.83. The summed E-state index contributed by atoms with van der Waals surface area (Å²) in [5.74, 6) is 0.305. The van der Waals surface area contributed by atoms with Gasteiger partial charge in [-0.2, -0.15) is 0 Å². The third-order valence-corrected chi connectivity index (χ3v) is 4.25. The van der Waals surface area contributed by atoms with Gasteiger partial charge in [0.2, 0.25) is 11.9 Å². The van der Waals surface area contributed by atoms with Crippen molar-refractivity contribution < 1.29 is 14.3 Å². The second-order valence-electron chi connectivity index (χ2n) is 5.86. The van der Waals surface area contributed by atoms with Gasteiger partial charge in [0, 0.05) is 19.0 Å². The molecule has 0 spiro atoms. The monoisotopic (exact) mass is 330 g/mol. The number of H-pyrrole nitrogens is 1. The summed E-state index contributed by atoms with van der Waals surface area (Å²) in [4.78, 5) is 33.5. The summed E-state index contributed by atoms with van der Waals surface area (Å²) < 4.78 is 4.81. The van der Waals surface area contributed by atoms with Crippen LogP contribution in [0.4, 0.5) is 5.95 Å². The number of para-hydroxylation sites is 2. The molecule has 7 nitrogen and oxygen atoms in total. The Kier molecular flexibility index (Phi) is 4.98. The second-order valence-corrected chi connectivity index (χ2v) is 5.86. The maximum absolute atomic E-state index is 12.1. The zero-order valence-electron chi connectivity index (χ0n) is 13.7. The normalized spacial score (nSPS) is 15.5. The Morgan fingerprint density at radius 2 is 2.08 bits per heavy atom. The average molecular weight is 330 g/mol. The van der Waals surface area contributed by atoms with E-state index in [0.717, 1.165) is 42.9 Å². The number of carbonyl (C=O) groups excluding carboxylic acids is 2. The Balaban J connectivity index is 1.51. The number of hydrogen-bond acceptors (Lipinski definition) is 5. The molecule has 24 heavy (non-hydrogen) atoms. The first-order chi connectivity index (χ1) is 11.7. The molecule has 1 fully saturated rings. The van der Waals surface area contributed by atoms with Crippen molar-refractivity contribution in [2.75, 3.05) is 31.1 Å². The number of esters is 1. The first-order valence-corrected chi connectivity index (χ1v) is 8.30. The zero-order chi connectivity index (χ0) is 16.9. The number of nitrogens with one attached hydrogen (secondary N) is 2. The molecule has 128 valence electrons. The zero-order valence-corrected chi connectivity index (χ0v) is 13.7. The van der Waals surface area contributed by atoms with E-state index in [-0.39, 0.29) is 18.4 Å². The Hall–Kier alpha value is -2.57. The molecular formula is C17H22N4O3. The molecule has 1 amide bonds. The number of ether oxygens (including phenoxy) is 1. The largest absolute Gasteiger partial charge is 0.465 e. The lowest BCUT2D eigenvalue weighted by Gasteiger charge is -2.30. The number of nitrogens with zero attached hydrogens (tertiary/aromatic N) is 2. The van der Waals surface area contributed by atoms with Gasteiger partial charge in [-0.1, -0.05) is 12.1 Å². The van der Waals surface area contributed by atoms with Crippen molar-refractivity contribution in [3.05, 3.63) is 24.3 Å². The fourth-order valence-electron chi connectivity index (χ4n) is 2.96. The summed E-state index contributed by atoms with van der Waals surface area (Å²) in [6.45, 7) is 3.53. The van der Waals surface area contributed by atoms with Gasteiger partial charge in [0.05, 0.1) is 17.6 Å². The van der Waals surface area contributed by atoms with E-state index in [0.29, 0.717) is 6.61 Å². The van der Waals surface area contributed by atoms with Gasteiger partial charge in [-0.3, -0.25) is 9.59 Å². The predicted molar refractivity (Wildman–Crippen MR) is 90.7 cm³/mol. The maximum atomic E-state index is 12.1. The molecule has 0 aliphatic carbocycles. The van der Waals surface area contributed by atoms with E-state index in [9.17, 15) is 9.59 Å². The number of anilines is 1. The minimum atomic E-state index is -0.398. The molecule has 0 saturated carbocycles. The number of imidazole rings is 1. The number of rotatable bonds is 5. The van der Waals surface area contributed by atoms with Gasteiger partial charge in [-0.05, 0) is 31.9 Å². The van der Waals surface area contributed by atoms with Crippen LogP contribution in [-0.4, -0.2) is 48.1 Å². The van der Waals surface area contributed by atoms with Gasteiger partial charge in [-0.25, -0.2) is 4.98 Å². The molecule has 1 aromatic heterocycles. The standard InChI is InChI=1S/C17H22N4O3/c1-2-24-15(22)11-18-16(23)12-7-9-21(10-8-12)17-19-13-5-3-4-6-14(13)20-17/h3-6,12H,2,7-11H2,1H3,(H,18,23)(H,19,20). The van der Waals surface area contributed by atoms with Crippen LogP contribution in [0.5, 0.6) is 0 Å². The van der Waals surface area contributed by atoms with Gasteiger partial charge >= 0.3 is 5.97 Å². The minimum Gasteiger partial charge on any atom is -0.465 e. The number of aromatic amines is 1. The molecule has 3 rings (SSSR count). The SMILES string of the molecule is CCOC(=O)CNC(=O)C1CCN(c2nc3ccccc3[nH]2)CC1. The molecule has 2 aromatic rings. The number of fused-ring (bicyclic) bond motifs is 1. The molecule has 0 unspecified atom stereocenters. The molecule has 0 bridgehead atoms. The molecular weight excluding hydrogens is 308 g/mol. The Morgan fingerprint density at radius 1 is 1.33 bits per heavy atom. The van der Waals surface area contributed by atoms with Crippen LogP contribution in [0.25, 0.3) is 11.0 Å². The van der Waals surface area contributed by atoms with Crippen LogP contribution in [-0.2, 0) is 14.3 Å². The lowest BCUT2D eigenvalue weighted by Crippen LogP contribution is -2.42. The van der Waals surface area contributed by atoms with Crippen LogP contribution in [0.2, 0.25) is 0 Å². The van der Waals surface area contributed by atoms with Gasteiger partial charge in [-0.15, -0.1) is 0 Å². The molecule has 2 heterocycles. The third-order valence-electron chi connectivity index (χ3n) is 4.25. The highest BCUT2D eigenvalue weighted by atomic mass is 16.5. The second kappa shape index (κ2) is 7.33. The first-order valence-electron chi connectivity index (χ1n) is 8.30. The van der Waals surface area contributed by atoms with Gasteiger partial charge in [0.1, 0.15) is 6.54 Å². The van der Waals surface area contributed by atoms with E-state index in [1.807, 2.05) is 24.3 Å². The molecule has 0 atom stereocenters. The fraction of sp³-hybridized carbons (Fsp3) is 0.471. The molecule has 1 aliphatic heterocycles. The van der Waals surface area contributed by atoms with E-state index in [2.05, 4.69) is 20.2 Å². The van der Waals surface area contributed by atoms with E-state index in [4.69, 9.17) is 4.74 Å². The van der Waals surface area contributed by atoms with E-state index in [1.54, 1.807) is 6.92 Å². The highest BCUT2D eigenvalue weighted by Crippen LogP contribution is 2.23. The van der Waals surface area contributed by atoms with Gasteiger partial charge < -0.3 is 19.9 Å². The van der Waals surface area contributed by atoms with Crippen LogP contribution in [0.3, 0.4) is 0 Å². The molecule has 2 N–H and O–H groups in total. The Morgan fingerprint density at radius 3 is 2.79 bits per heavy atom. The summed E-state index contributed by atoms with van der Waals surface area (Å²) in [5, 5.41) is 2.66. The lowest BCUT2D eigenvalue weighted by molar-refractivity contribution is -0.143. The van der Waals surface area contributed by atoms with Gasteiger partial charge in [0.25, 0.3) is 0 Å². The Labute approximate surface area is 140 Å². The number of piperidine rings is 1. The smallest absolute Gasteiger partial charge is 0.325 e. The van der Waals surface area contributed by atoms with Crippen LogP contribution in [0, 0.1) is 5.92 Å². The topological polar surface area (TPSA) is 87.3 Å². The van der Waals surface area contributed by atoms with Gasteiger partial charge in [0.15, 0.2) is 0 Å². The van der Waals surface area contributed by atoms with Crippen molar-refractivity contribution in [2.45, 2.75) is 19.8 Å². The van der Waals surface area contributed by atoms with Crippen LogP contribution >= 0.6 is 0 Å². The van der Waals surface area contributed by atoms with E-state index >= 15 is 0 Å². The van der Waals surface area contributed by atoms with Crippen LogP contribution in [0.15, 0.2) is 24.3 Å². The lowest BCUT2D eigenvalue weighted by atomic mass is 9.96. The predicted octanol–water partition coefficient (Wildman–Crippen LogP) is 1.46. The molecule has 1 saturated heterocycles. The van der Waals surface area contributed by atoms with Crippen molar-refractivity contribution >= 4 is 28.9 Å². The number of carbonyl (C=O) groups is 2. The first kappa shape index (κ1) is 16.3. The van der Waals surface area contributed by atoms with Crippen molar-refractivity contribution in [2.24, 2.45) is 5.92 Å². The number of aromatic nitrogens is 2. The van der Waals surface area contributed by atoms with Crippen molar-refractivity contribution in [1.29, 1.82) is 0 Å². The number of amides is 1. The summed E-state index contributed by atoms with van der Waals surface area (Å²) in [5.41, 5.74) is 1.96. The van der Waals surface area contributed by atoms with Crippen molar-refractivity contribution in [3.63, 3.8) is 0 Å². The average Bonchev–Trinajstić information content (AvgIpc) is 3.04. The molecule has 0 radical (unpaired) electrons. The van der Waals surface area contributed by atoms with E-state index < -0.39 is 5.97 Å². The number of hydrogen-bond donors (Lipinski definition) is 2. The van der Waals surface area contributed by atoms with Crippen molar-refractivity contribution in [1.82, 2.24) is 15.3 Å². The third kappa shape index (κ3) is 3.67. The van der Waals surface area contributed by atoms with Crippen molar-refractivity contribution in [3.8, 4) is 0 Å². The Bertz CT molecular complexity index is 686.